The van der Waals surface area contributed by atoms with E-state index >= 15 is 0 Å². The van der Waals surface area contributed by atoms with Gasteiger partial charge < -0.3 is 19.5 Å². The molecule has 0 unspecified atom stereocenters. The maximum Gasteiger partial charge on any atom is 0.272 e. The average Bonchev–Trinajstić information content (AvgIpc) is 3.62. The number of morpholine rings is 1. The van der Waals surface area contributed by atoms with E-state index in [0.29, 0.717) is 24.4 Å². The molecule has 42 heavy (non-hydrogen) atoms. The van der Waals surface area contributed by atoms with Gasteiger partial charge in [-0.15, -0.1) is 0 Å². The number of benzene rings is 2. The molecule has 1 N–H and O–H groups in total. The summed E-state index contributed by atoms with van der Waals surface area (Å²) in [6, 6.07) is 9.14. The van der Waals surface area contributed by atoms with Crippen LogP contribution in [0.2, 0.25) is 0 Å². The lowest BCUT2D eigenvalue weighted by Gasteiger charge is -2.26. The summed E-state index contributed by atoms with van der Waals surface area (Å²) in [7, 11) is -4.20. The highest BCUT2D eigenvalue weighted by atomic mass is 32.2. The summed E-state index contributed by atoms with van der Waals surface area (Å²) in [5, 5.41) is 19.1. The summed E-state index contributed by atoms with van der Waals surface area (Å²) >= 11 is 0. The van der Waals surface area contributed by atoms with Crippen molar-refractivity contribution >= 4 is 21.6 Å². The summed E-state index contributed by atoms with van der Waals surface area (Å²) < 4.78 is 47.3. The Hall–Kier alpha value is -3.85. The van der Waals surface area contributed by atoms with Crippen LogP contribution in [0.15, 0.2) is 41.3 Å². The average molecular weight is 600 g/mol. The Bertz CT molecular complexity index is 1610. The van der Waals surface area contributed by atoms with Crippen LogP contribution in [0.5, 0.6) is 11.6 Å². The van der Waals surface area contributed by atoms with Crippen molar-refractivity contribution in [3.63, 3.8) is 0 Å². The SMILES string of the molecule is Cc1ccc(C)c(-n2nc(C(=O)NC[C@@H]3CCCO3)c(C)c2Oc2ccc([N+](=O)[O-])cc2S(=O)(=O)N2CCOCC2)c1. The molecule has 0 bridgehead atoms. The third-order valence-corrected chi connectivity index (χ3v) is 9.24. The van der Waals surface area contributed by atoms with Crippen molar-refractivity contribution in [3.8, 4) is 17.3 Å². The number of ether oxygens (including phenoxy) is 3. The Kier molecular flexibility index (Phi) is 8.59. The quantitative estimate of drug-likeness (QED) is 0.288. The van der Waals surface area contributed by atoms with Gasteiger partial charge in [0, 0.05) is 43.9 Å². The smallest absolute Gasteiger partial charge is 0.272 e. The van der Waals surface area contributed by atoms with Crippen molar-refractivity contribution in [2.45, 2.75) is 44.6 Å². The maximum absolute atomic E-state index is 13.7. The third kappa shape index (κ3) is 6.02. The minimum Gasteiger partial charge on any atom is -0.437 e. The molecule has 0 spiro atoms. The number of carbonyl (C=O) groups excluding carboxylic acids is 1. The number of nitrogens with one attached hydrogen (secondary N) is 1. The maximum atomic E-state index is 13.7. The van der Waals surface area contributed by atoms with Crippen molar-refractivity contribution in [1.29, 1.82) is 0 Å². The third-order valence-electron chi connectivity index (χ3n) is 7.32. The normalized spacial score (nSPS) is 17.7. The van der Waals surface area contributed by atoms with Crippen LogP contribution in [0, 0.1) is 30.9 Å². The molecule has 1 aromatic heterocycles. The number of carbonyl (C=O) groups is 1. The Morgan fingerprint density at radius 1 is 1.14 bits per heavy atom. The fraction of sp³-hybridized carbons (Fsp3) is 0.429. The van der Waals surface area contributed by atoms with Gasteiger partial charge in [0.25, 0.3) is 11.6 Å². The van der Waals surface area contributed by atoms with Crippen LogP contribution in [0.25, 0.3) is 5.69 Å². The van der Waals surface area contributed by atoms with E-state index < -0.39 is 26.5 Å². The van der Waals surface area contributed by atoms with E-state index in [0.717, 1.165) is 30.0 Å². The molecule has 2 aromatic carbocycles. The topological polar surface area (TPSA) is 155 Å². The molecule has 3 aromatic rings. The lowest BCUT2D eigenvalue weighted by Crippen LogP contribution is -2.40. The minimum atomic E-state index is -4.20. The van der Waals surface area contributed by atoms with Crippen LogP contribution < -0.4 is 10.1 Å². The number of aryl methyl sites for hydroxylation is 2. The molecule has 0 aliphatic carbocycles. The first-order valence-electron chi connectivity index (χ1n) is 13.7. The molecule has 2 aliphatic rings. The van der Waals surface area contributed by atoms with Gasteiger partial charge in [-0.25, -0.2) is 8.42 Å². The van der Waals surface area contributed by atoms with Gasteiger partial charge in [-0.05, 0) is 56.9 Å². The predicted molar refractivity (Wildman–Crippen MR) is 152 cm³/mol. The number of sulfonamides is 1. The van der Waals surface area contributed by atoms with Gasteiger partial charge in [0.1, 0.15) is 10.6 Å². The van der Waals surface area contributed by atoms with Gasteiger partial charge in [-0.1, -0.05) is 12.1 Å². The van der Waals surface area contributed by atoms with Crippen molar-refractivity contribution in [2.75, 3.05) is 39.5 Å². The molecule has 13 nitrogen and oxygen atoms in total. The number of nitro groups is 1. The zero-order valence-corrected chi connectivity index (χ0v) is 24.5. The van der Waals surface area contributed by atoms with Crippen molar-refractivity contribution in [3.05, 3.63) is 68.9 Å². The molecule has 224 valence electrons. The second-order valence-corrected chi connectivity index (χ2v) is 12.2. The fourth-order valence-corrected chi connectivity index (χ4v) is 6.49. The summed E-state index contributed by atoms with van der Waals surface area (Å²) in [5.74, 6) is -0.451. The van der Waals surface area contributed by atoms with Crippen LogP contribution in [0.3, 0.4) is 0 Å². The molecule has 0 saturated carbocycles. The fourth-order valence-electron chi connectivity index (χ4n) is 4.95. The molecule has 2 fully saturated rings. The van der Waals surface area contributed by atoms with Gasteiger partial charge in [0.15, 0.2) is 5.69 Å². The first-order chi connectivity index (χ1) is 20.1. The zero-order valence-electron chi connectivity index (χ0n) is 23.7. The minimum absolute atomic E-state index is 0.0702. The lowest BCUT2D eigenvalue weighted by atomic mass is 10.1. The second kappa shape index (κ2) is 12.2. The molecule has 1 atom stereocenters. The van der Waals surface area contributed by atoms with E-state index in [1.165, 1.54) is 21.1 Å². The number of aromatic nitrogens is 2. The van der Waals surface area contributed by atoms with E-state index in [1.807, 2.05) is 32.0 Å². The number of rotatable bonds is 9. The molecule has 14 heteroatoms. The van der Waals surface area contributed by atoms with Crippen molar-refractivity contribution < 1.29 is 32.3 Å². The van der Waals surface area contributed by atoms with Crippen molar-refractivity contribution in [1.82, 2.24) is 19.4 Å². The molecule has 1 amide bonds. The predicted octanol–water partition coefficient (Wildman–Crippen LogP) is 3.43. The lowest BCUT2D eigenvalue weighted by molar-refractivity contribution is -0.385. The van der Waals surface area contributed by atoms with Gasteiger partial charge in [0.2, 0.25) is 15.9 Å². The molecule has 3 heterocycles. The van der Waals surface area contributed by atoms with E-state index in [1.54, 1.807) is 6.92 Å². The van der Waals surface area contributed by atoms with Crippen LogP contribution in [-0.2, 0) is 19.5 Å². The van der Waals surface area contributed by atoms with Crippen LogP contribution in [-0.4, -0.2) is 78.9 Å². The van der Waals surface area contributed by atoms with Gasteiger partial charge in [0.05, 0.1) is 29.9 Å². The molecular formula is C28H33N5O8S. The van der Waals surface area contributed by atoms with E-state index in [2.05, 4.69) is 10.4 Å². The molecule has 5 rings (SSSR count). The Balaban J connectivity index is 1.60. The van der Waals surface area contributed by atoms with E-state index in [-0.39, 0.29) is 54.6 Å². The number of nitro benzene ring substituents is 1. The van der Waals surface area contributed by atoms with Gasteiger partial charge in [-0.3, -0.25) is 14.9 Å². The Morgan fingerprint density at radius 3 is 2.60 bits per heavy atom. The largest absolute Gasteiger partial charge is 0.437 e. The standard InChI is InChI=1S/C28H33N5O8S/c1-18-6-7-19(2)23(15-18)32-28(20(3)26(30-32)27(34)29-17-22-5-4-12-40-22)41-24-9-8-21(33(35)36)16-25(24)42(37,38)31-10-13-39-14-11-31/h6-9,15-16,22H,4-5,10-14,17H2,1-3H3,(H,29,34)/t22-/m0/s1. The summed E-state index contributed by atoms with van der Waals surface area (Å²) in [4.78, 5) is 23.9. The number of hydrogen-bond acceptors (Lipinski definition) is 9. The second-order valence-electron chi connectivity index (χ2n) is 10.3. The van der Waals surface area contributed by atoms with E-state index in [4.69, 9.17) is 14.2 Å². The molecule has 0 radical (unpaired) electrons. The Labute approximate surface area is 243 Å². The van der Waals surface area contributed by atoms with Crippen LogP contribution in [0.4, 0.5) is 5.69 Å². The molecule has 2 aliphatic heterocycles. The van der Waals surface area contributed by atoms with Crippen LogP contribution in [0.1, 0.15) is 40.0 Å². The summed E-state index contributed by atoms with van der Waals surface area (Å²) in [6.07, 6.45) is 1.72. The van der Waals surface area contributed by atoms with E-state index in [9.17, 15) is 23.3 Å². The zero-order chi connectivity index (χ0) is 30.0. The van der Waals surface area contributed by atoms with Gasteiger partial charge >= 0.3 is 0 Å². The first-order valence-corrected chi connectivity index (χ1v) is 15.1. The highest BCUT2D eigenvalue weighted by Crippen LogP contribution is 2.37. The summed E-state index contributed by atoms with van der Waals surface area (Å²) in [5.41, 5.74) is 2.47. The van der Waals surface area contributed by atoms with Crippen molar-refractivity contribution in [2.24, 2.45) is 0 Å². The molecule has 2 saturated heterocycles. The number of hydrogen-bond donors (Lipinski definition) is 1. The van der Waals surface area contributed by atoms with Crippen LogP contribution >= 0.6 is 0 Å². The Morgan fingerprint density at radius 2 is 1.90 bits per heavy atom. The summed E-state index contributed by atoms with van der Waals surface area (Å²) in [6.45, 7) is 7.04. The number of non-ortho nitro benzene ring substituents is 1. The monoisotopic (exact) mass is 599 g/mol. The number of nitrogens with zero attached hydrogens (tertiary/aromatic N) is 4. The molecular weight excluding hydrogens is 566 g/mol. The number of amides is 1. The highest BCUT2D eigenvalue weighted by molar-refractivity contribution is 7.89. The highest BCUT2D eigenvalue weighted by Gasteiger charge is 2.33. The first kappa shape index (κ1) is 29.6. The van der Waals surface area contributed by atoms with Gasteiger partial charge in [-0.2, -0.15) is 14.1 Å².